The second kappa shape index (κ2) is 5.62. The van der Waals surface area contributed by atoms with Crippen molar-refractivity contribution in [1.82, 2.24) is 4.90 Å². The van der Waals surface area contributed by atoms with Crippen molar-refractivity contribution in [3.8, 4) is 0 Å². The fraction of sp³-hybridized carbons (Fsp3) is 0.562. The Balaban J connectivity index is 2.34. The lowest BCUT2D eigenvalue weighted by Gasteiger charge is -2.39. The minimum atomic E-state index is -0.718. The second-order valence-electron chi connectivity index (χ2n) is 5.93. The van der Waals surface area contributed by atoms with Crippen LogP contribution in [-0.4, -0.2) is 42.5 Å². The Morgan fingerprint density at radius 3 is 2.40 bits per heavy atom. The van der Waals surface area contributed by atoms with Gasteiger partial charge < -0.3 is 4.74 Å². The highest BCUT2D eigenvalue weighted by molar-refractivity contribution is 6.04. The molecule has 1 aliphatic heterocycles. The zero-order valence-electron chi connectivity index (χ0n) is 12.6. The number of carbonyl (C=O) groups excluding carboxylic acids is 1. The largest absolute Gasteiger partial charge is 0.379 e. The van der Waals surface area contributed by atoms with Crippen molar-refractivity contribution >= 4 is 5.78 Å². The minimum Gasteiger partial charge on any atom is -0.379 e. The van der Waals surface area contributed by atoms with Gasteiger partial charge in [-0.2, -0.15) is 0 Å². The van der Waals surface area contributed by atoms with E-state index in [4.69, 9.17) is 4.74 Å². The summed E-state index contributed by atoms with van der Waals surface area (Å²) in [5, 5.41) is 0. The second-order valence-corrected chi connectivity index (χ2v) is 5.93. The molecular formula is C16H22FNO2. The number of nitrogens with zero attached hydrogens (tertiary/aromatic N) is 1. The number of hydrogen-bond acceptors (Lipinski definition) is 3. The number of hydrogen-bond donors (Lipinski definition) is 0. The van der Waals surface area contributed by atoms with Crippen molar-refractivity contribution < 1.29 is 13.9 Å². The molecule has 0 amide bonds. The maximum absolute atomic E-state index is 14.2. The lowest BCUT2D eigenvalue weighted by molar-refractivity contribution is -0.00445. The van der Waals surface area contributed by atoms with Gasteiger partial charge >= 0.3 is 0 Å². The lowest BCUT2D eigenvalue weighted by atomic mass is 9.88. The highest BCUT2D eigenvalue weighted by atomic mass is 19.1. The predicted octanol–water partition coefficient (Wildman–Crippen LogP) is 2.74. The number of ketones is 1. The average molecular weight is 279 g/mol. The highest BCUT2D eigenvalue weighted by Crippen LogP contribution is 2.26. The molecule has 0 unspecified atom stereocenters. The third-order valence-electron chi connectivity index (χ3n) is 4.02. The van der Waals surface area contributed by atoms with E-state index < -0.39 is 11.4 Å². The van der Waals surface area contributed by atoms with Crippen LogP contribution < -0.4 is 0 Å². The van der Waals surface area contributed by atoms with Crippen molar-refractivity contribution in [2.24, 2.45) is 0 Å². The molecule has 0 spiro atoms. The van der Waals surface area contributed by atoms with Gasteiger partial charge in [0.05, 0.1) is 24.3 Å². The van der Waals surface area contributed by atoms with E-state index in [9.17, 15) is 9.18 Å². The number of Topliss-reactive ketones (excluding diaryl/α,β-unsaturated/α-hetero) is 1. The molecule has 0 atom stereocenters. The van der Waals surface area contributed by atoms with Crippen LogP contribution in [-0.2, 0) is 4.74 Å². The first-order valence-corrected chi connectivity index (χ1v) is 6.98. The number of ether oxygens (including phenoxy) is 1. The van der Waals surface area contributed by atoms with E-state index in [0.29, 0.717) is 31.9 Å². The summed E-state index contributed by atoms with van der Waals surface area (Å²) in [7, 11) is 0. The number of aryl methyl sites for hydroxylation is 2. The van der Waals surface area contributed by atoms with Crippen molar-refractivity contribution in [3.63, 3.8) is 0 Å². The molecule has 0 radical (unpaired) electrons. The maximum atomic E-state index is 14.2. The first kappa shape index (κ1) is 15.1. The van der Waals surface area contributed by atoms with Gasteiger partial charge in [-0.1, -0.05) is 6.07 Å². The van der Waals surface area contributed by atoms with Crippen LogP contribution in [0, 0.1) is 19.7 Å². The molecule has 1 heterocycles. The number of rotatable bonds is 3. The molecule has 0 aliphatic carbocycles. The molecular weight excluding hydrogens is 257 g/mol. The van der Waals surface area contributed by atoms with E-state index in [1.54, 1.807) is 6.92 Å². The molecule has 1 saturated heterocycles. The van der Waals surface area contributed by atoms with Crippen LogP contribution >= 0.6 is 0 Å². The van der Waals surface area contributed by atoms with Crippen LogP contribution in [0.2, 0.25) is 0 Å². The van der Waals surface area contributed by atoms with Crippen LogP contribution in [0.15, 0.2) is 12.1 Å². The Labute approximate surface area is 119 Å². The monoisotopic (exact) mass is 279 g/mol. The third-order valence-corrected chi connectivity index (χ3v) is 4.02. The molecule has 3 nitrogen and oxygen atoms in total. The van der Waals surface area contributed by atoms with Gasteiger partial charge in [0.25, 0.3) is 0 Å². The number of morpholine rings is 1. The highest BCUT2D eigenvalue weighted by Gasteiger charge is 2.37. The molecule has 1 aromatic rings. The normalized spacial score (nSPS) is 17.2. The molecule has 1 aromatic carbocycles. The Bertz CT molecular complexity index is 496. The molecule has 0 N–H and O–H groups in total. The molecule has 20 heavy (non-hydrogen) atoms. The van der Waals surface area contributed by atoms with E-state index in [1.165, 1.54) is 6.07 Å². The van der Waals surface area contributed by atoms with Gasteiger partial charge in [0.15, 0.2) is 5.78 Å². The van der Waals surface area contributed by atoms with E-state index in [1.807, 2.05) is 26.8 Å². The summed E-state index contributed by atoms with van der Waals surface area (Å²) in [5.74, 6) is -0.580. The quantitative estimate of drug-likeness (QED) is 0.797. The number of benzene rings is 1. The summed E-state index contributed by atoms with van der Waals surface area (Å²) in [6.45, 7) is 9.98. The van der Waals surface area contributed by atoms with Gasteiger partial charge in [-0.15, -0.1) is 0 Å². The minimum absolute atomic E-state index is 0.158. The van der Waals surface area contributed by atoms with Gasteiger partial charge in [0.2, 0.25) is 0 Å². The Kier molecular flexibility index (Phi) is 4.25. The third kappa shape index (κ3) is 2.76. The molecule has 2 rings (SSSR count). The first-order valence-electron chi connectivity index (χ1n) is 6.98. The summed E-state index contributed by atoms with van der Waals surface area (Å²) in [6.07, 6.45) is 0. The fourth-order valence-electron chi connectivity index (χ4n) is 2.78. The standard InChI is InChI=1S/C16H22FNO2/c1-11-9-12(2)14(13(17)10-11)15(19)16(3,4)18-5-7-20-8-6-18/h9-10H,5-8H2,1-4H3. The van der Waals surface area contributed by atoms with Crippen molar-refractivity contribution in [2.45, 2.75) is 33.2 Å². The summed E-state index contributed by atoms with van der Waals surface area (Å²) in [6, 6.07) is 3.28. The number of carbonyl (C=O) groups is 1. The van der Waals surface area contributed by atoms with Crippen LogP contribution in [0.5, 0.6) is 0 Å². The van der Waals surface area contributed by atoms with Gasteiger partial charge in [0, 0.05) is 13.1 Å². The van der Waals surface area contributed by atoms with Crippen LogP contribution in [0.25, 0.3) is 0 Å². The Hall–Kier alpha value is -1.26. The number of halogens is 1. The van der Waals surface area contributed by atoms with Crippen LogP contribution in [0.3, 0.4) is 0 Å². The smallest absolute Gasteiger partial charge is 0.185 e. The molecule has 0 bridgehead atoms. The molecule has 4 heteroatoms. The predicted molar refractivity (Wildman–Crippen MR) is 76.7 cm³/mol. The topological polar surface area (TPSA) is 29.5 Å². The Morgan fingerprint density at radius 1 is 1.25 bits per heavy atom. The van der Waals surface area contributed by atoms with E-state index in [2.05, 4.69) is 4.90 Å². The van der Waals surface area contributed by atoms with E-state index >= 15 is 0 Å². The summed E-state index contributed by atoms with van der Waals surface area (Å²) in [4.78, 5) is 14.9. The fourth-order valence-corrected chi connectivity index (χ4v) is 2.78. The average Bonchev–Trinajstić information content (AvgIpc) is 2.38. The molecule has 110 valence electrons. The van der Waals surface area contributed by atoms with Crippen molar-refractivity contribution in [2.75, 3.05) is 26.3 Å². The zero-order chi connectivity index (χ0) is 14.9. The molecule has 1 fully saturated rings. The maximum Gasteiger partial charge on any atom is 0.185 e. The summed E-state index contributed by atoms with van der Waals surface area (Å²) in [5.41, 5.74) is 1.03. The lowest BCUT2D eigenvalue weighted by Crippen LogP contribution is -2.54. The van der Waals surface area contributed by atoms with Gasteiger partial charge in [-0.3, -0.25) is 9.69 Å². The Morgan fingerprint density at radius 2 is 1.85 bits per heavy atom. The molecule has 0 aromatic heterocycles. The zero-order valence-corrected chi connectivity index (χ0v) is 12.6. The van der Waals surface area contributed by atoms with Crippen molar-refractivity contribution in [3.05, 3.63) is 34.6 Å². The van der Waals surface area contributed by atoms with Crippen LogP contribution in [0.1, 0.15) is 35.3 Å². The van der Waals surface area contributed by atoms with Gasteiger partial charge in [0.1, 0.15) is 5.82 Å². The SMILES string of the molecule is Cc1cc(C)c(C(=O)C(C)(C)N2CCOCC2)c(F)c1. The van der Waals surface area contributed by atoms with E-state index in [0.717, 1.165) is 5.56 Å². The summed E-state index contributed by atoms with van der Waals surface area (Å²) < 4.78 is 19.5. The van der Waals surface area contributed by atoms with Crippen LogP contribution in [0.4, 0.5) is 4.39 Å². The van der Waals surface area contributed by atoms with E-state index in [-0.39, 0.29) is 11.3 Å². The van der Waals surface area contributed by atoms with Gasteiger partial charge in [-0.25, -0.2) is 4.39 Å². The molecule has 1 aliphatic rings. The first-order chi connectivity index (χ1) is 9.34. The van der Waals surface area contributed by atoms with Crippen molar-refractivity contribution in [1.29, 1.82) is 0 Å². The summed E-state index contributed by atoms with van der Waals surface area (Å²) >= 11 is 0. The van der Waals surface area contributed by atoms with Gasteiger partial charge in [-0.05, 0) is 44.9 Å². The molecule has 0 saturated carbocycles.